The summed E-state index contributed by atoms with van der Waals surface area (Å²) in [5, 5.41) is 12.9. The van der Waals surface area contributed by atoms with E-state index < -0.39 is 0 Å². The predicted octanol–water partition coefficient (Wildman–Crippen LogP) is 4.73. The van der Waals surface area contributed by atoms with Gasteiger partial charge in [0.25, 0.3) is 0 Å². The van der Waals surface area contributed by atoms with Crippen molar-refractivity contribution < 1.29 is 5.11 Å². The molecule has 0 unspecified atom stereocenters. The summed E-state index contributed by atoms with van der Waals surface area (Å²) >= 11 is 0. The van der Waals surface area contributed by atoms with Gasteiger partial charge in [0.05, 0.1) is 6.04 Å². The fourth-order valence-corrected chi connectivity index (χ4v) is 3.68. The minimum Gasteiger partial charge on any atom is -0.508 e. The van der Waals surface area contributed by atoms with Gasteiger partial charge in [-0.15, -0.1) is 0 Å². The lowest BCUT2D eigenvalue weighted by atomic mass is 9.94. The number of hydrogen-bond acceptors (Lipinski definition) is 2. The van der Waals surface area contributed by atoms with Crippen molar-refractivity contribution in [2.45, 2.75) is 18.9 Å². The van der Waals surface area contributed by atoms with E-state index in [0.717, 1.165) is 18.7 Å². The molecule has 3 aromatic rings. The molecule has 3 aromatic carbocycles. The molecule has 2 heteroatoms. The molecule has 23 heavy (non-hydrogen) atoms. The van der Waals surface area contributed by atoms with Crippen LogP contribution in [0.5, 0.6) is 5.75 Å². The number of benzene rings is 3. The number of phenolic OH excluding ortho intramolecular Hbond substituents is 1. The topological polar surface area (TPSA) is 23.5 Å². The Morgan fingerprint density at radius 2 is 1.48 bits per heavy atom. The standard InChI is InChI=1S/C21H21NO/c23-20-10-4-3-9-19(20)21(22-13-5-6-14-22)18-12-11-16-7-1-2-8-17(16)15-18/h1-4,7-12,15,21,23H,5-6,13-14H2/t21-/m1/s1. The lowest BCUT2D eigenvalue weighted by Gasteiger charge is -2.29. The smallest absolute Gasteiger partial charge is 0.120 e. The summed E-state index contributed by atoms with van der Waals surface area (Å²) in [5.74, 6) is 0.387. The summed E-state index contributed by atoms with van der Waals surface area (Å²) in [6.07, 6.45) is 2.47. The van der Waals surface area contributed by atoms with Gasteiger partial charge in [0.1, 0.15) is 5.75 Å². The molecule has 1 fully saturated rings. The number of hydrogen-bond donors (Lipinski definition) is 1. The fraction of sp³-hybridized carbons (Fsp3) is 0.238. The molecular weight excluding hydrogens is 282 g/mol. The first kappa shape index (κ1) is 14.3. The Balaban J connectivity index is 1.84. The molecule has 4 rings (SSSR count). The Morgan fingerprint density at radius 1 is 0.783 bits per heavy atom. The molecule has 1 saturated heterocycles. The molecule has 2 nitrogen and oxygen atoms in total. The summed E-state index contributed by atoms with van der Waals surface area (Å²) in [4.78, 5) is 2.49. The number of phenols is 1. The molecule has 1 aliphatic rings. The maximum atomic E-state index is 10.4. The summed E-state index contributed by atoms with van der Waals surface area (Å²) in [6, 6.07) is 23.0. The Kier molecular flexibility index (Phi) is 3.76. The summed E-state index contributed by atoms with van der Waals surface area (Å²) in [5.41, 5.74) is 2.26. The molecule has 116 valence electrons. The summed E-state index contributed by atoms with van der Waals surface area (Å²) < 4.78 is 0. The molecule has 1 N–H and O–H groups in total. The van der Waals surface area contributed by atoms with Gasteiger partial charge in [0, 0.05) is 5.56 Å². The van der Waals surface area contributed by atoms with Gasteiger partial charge in [-0.25, -0.2) is 0 Å². The van der Waals surface area contributed by atoms with E-state index in [1.54, 1.807) is 6.07 Å². The maximum absolute atomic E-state index is 10.4. The fourth-order valence-electron chi connectivity index (χ4n) is 3.68. The van der Waals surface area contributed by atoms with E-state index >= 15 is 0 Å². The van der Waals surface area contributed by atoms with Gasteiger partial charge >= 0.3 is 0 Å². The van der Waals surface area contributed by atoms with Crippen LogP contribution in [0.25, 0.3) is 10.8 Å². The summed E-state index contributed by atoms with van der Waals surface area (Å²) in [7, 11) is 0. The van der Waals surface area contributed by atoms with Gasteiger partial charge in [0.2, 0.25) is 0 Å². The van der Waals surface area contributed by atoms with Crippen LogP contribution in [0.4, 0.5) is 0 Å². The van der Waals surface area contributed by atoms with E-state index in [9.17, 15) is 5.11 Å². The minimum absolute atomic E-state index is 0.128. The second-order valence-electron chi connectivity index (χ2n) is 6.31. The number of para-hydroxylation sites is 1. The van der Waals surface area contributed by atoms with Crippen LogP contribution in [0.1, 0.15) is 30.0 Å². The first-order valence-electron chi connectivity index (χ1n) is 8.33. The highest BCUT2D eigenvalue weighted by Crippen LogP contribution is 2.37. The van der Waals surface area contributed by atoms with Gasteiger partial charge in [-0.1, -0.05) is 54.6 Å². The van der Waals surface area contributed by atoms with Crippen LogP contribution in [0.15, 0.2) is 66.7 Å². The number of nitrogens with zero attached hydrogens (tertiary/aromatic N) is 1. The molecule has 0 radical (unpaired) electrons. The average Bonchev–Trinajstić information content (AvgIpc) is 3.11. The molecule has 1 heterocycles. The van der Waals surface area contributed by atoms with Gasteiger partial charge in [-0.05, 0) is 54.4 Å². The molecule has 0 spiro atoms. The number of aromatic hydroxyl groups is 1. The van der Waals surface area contributed by atoms with Crippen LogP contribution in [0.3, 0.4) is 0 Å². The minimum atomic E-state index is 0.128. The van der Waals surface area contributed by atoms with Crippen molar-refractivity contribution >= 4 is 10.8 Å². The number of fused-ring (bicyclic) bond motifs is 1. The van der Waals surface area contributed by atoms with Crippen molar-refractivity contribution in [1.82, 2.24) is 4.90 Å². The van der Waals surface area contributed by atoms with E-state index in [0.29, 0.717) is 5.75 Å². The van der Waals surface area contributed by atoms with Crippen molar-refractivity contribution in [2.75, 3.05) is 13.1 Å². The molecule has 1 aliphatic heterocycles. The molecule has 0 aliphatic carbocycles. The lowest BCUT2D eigenvalue weighted by molar-refractivity contribution is 0.275. The van der Waals surface area contributed by atoms with Gasteiger partial charge < -0.3 is 5.11 Å². The first-order valence-corrected chi connectivity index (χ1v) is 8.33. The molecule has 0 amide bonds. The molecule has 0 bridgehead atoms. The molecular formula is C21H21NO. The third kappa shape index (κ3) is 2.71. The lowest BCUT2D eigenvalue weighted by Crippen LogP contribution is -2.26. The van der Waals surface area contributed by atoms with Crippen LogP contribution in [0, 0.1) is 0 Å². The Morgan fingerprint density at radius 3 is 2.26 bits per heavy atom. The van der Waals surface area contributed by atoms with Crippen molar-refractivity contribution in [3.05, 3.63) is 77.9 Å². The highest BCUT2D eigenvalue weighted by molar-refractivity contribution is 5.83. The highest BCUT2D eigenvalue weighted by Gasteiger charge is 2.27. The third-order valence-corrected chi connectivity index (χ3v) is 4.83. The largest absolute Gasteiger partial charge is 0.508 e. The Labute approximate surface area is 137 Å². The van der Waals surface area contributed by atoms with Crippen molar-refractivity contribution in [3.63, 3.8) is 0 Å². The van der Waals surface area contributed by atoms with Crippen molar-refractivity contribution in [2.24, 2.45) is 0 Å². The first-order chi connectivity index (χ1) is 11.3. The average molecular weight is 303 g/mol. The Hall–Kier alpha value is -2.32. The monoisotopic (exact) mass is 303 g/mol. The molecule has 0 aromatic heterocycles. The SMILES string of the molecule is Oc1ccccc1[C@@H](c1ccc2ccccc2c1)N1CCCC1. The normalized spacial score (nSPS) is 16.7. The van der Waals surface area contributed by atoms with Crippen LogP contribution < -0.4 is 0 Å². The van der Waals surface area contributed by atoms with Crippen LogP contribution >= 0.6 is 0 Å². The van der Waals surface area contributed by atoms with E-state index in [4.69, 9.17) is 0 Å². The van der Waals surface area contributed by atoms with E-state index in [2.05, 4.69) is 47.4 Å². The quantitative estimate of drug-likeness (QED) is 0.756. The van der Waals surface area contributed by atoms with E-state index in [-0.39, 0.29) is 6.04 Å². The second kappa shape index (κ2) is 6.05. The van der Waals surface area contributed by atoms with Crippen LogP contribution in [0.2, 0.25) is 0 Å². The maximum Gasteiger partial charge on any atom is 0.120 e. The number of rotatable bonds is 3. The third-order valence-electron chi connectivity index (χ3n) is 4.83. The highest BCUT2D eigenvalue weighted by atomic mass is 16.3. The number of likely N-dealkylation sites (tertiary alicyclic amines) is 1. The molecule has 0 saturated carbocycles. The predicted molar refractivity (Wildman–Crippen MR) is 94.7 cm³/mol. The van der Waals surface area contributed by atoms with E-state index in [1.165, 1.54) is 29.2 Å². The zero-order valence-corrected chi connectivity index (χ0v) is 13.2. The zero-order chi connectivity index (χ0) is 15.6. The van der Waals surface area contributed by atoms with Crippen LogP contribution in [-0.2, 0) is 0 Å². The Bertz CT molecular complexity index is 821. The van der Waals surface area contributed by atoms with Gasteiger partial charge in [-0.2, -0.15) is 0 Å². The van der Waals surface area contributed by atoms with Crippen molar-refractivity contribution in [1.29, 1.82) is 0 Å². The van der Waals surface area contributed by atoms with Gasteiger partial charge in [-0.3, -0.25) is 4.90 Å². The second-order valence-corrected chi connectivity index (χ2v) is 6.31. The summed E-state index contributed by atoms with van der Waals surface area (Å²) in [6.45, 7) is 2.18. The van der Waals surface area contributed by atoms with Gasteiger partial charge in [0.15, 0.2) is 0 Å². The zero-order valence-electron chi connectivity index (χ0n) is 13.2. The van der Waals surface area contributed by atoms with Crippen LogP contribution in [-0.4, -0.2) is 23.1 Å². The molecule has 1 atom stereocenters. The van der Waals surface area contributed by atoms with E-state index in [1.807, 2.05) is 18.2 Å². The van der Waals surface area contributed by atoms with Crippen molar-refractivity contribution in [3.8, 4) is 5.75 Å².